The first kappa shape index (κ1) is 21.3. The van der Waals surface area contributed by atoms with Gasteiger partial charge in [-0.3, -0.25) is 9.89 Å². The number of hydrogen-bond acceptors (Lipinski definition) is 4. The second-order valence-corrected chi connectivity index (χ2v) is 9.02. The molecule has 29 heavy (non-hydrogen) atoms. The molecular weight excluding hydrogens is 386 g/mol. The first-order chi connectivity index (χ1) is 13.8. The van der Waals surface area contributed by atoms with E-state index in [1.165, 1.54) is 11.6 Å². The zero-order valence-corrected chi connectivity index (χ0v) is 17.7. The second-order valence-electron chi connectivity index (χ2n) is 7.46. The van der Waals surface area contributed by atoms with Gasteiger partial charge in [-0.15, -0.1) is 0 Å². The molecule has 0 aromatic heterocycles. The first-order valence-electron chi connectivity index (χ1n) is 9.72. The third kappa shape index (κ3) is 6.03. The Bertz CT molecular complexity index is 947. The standard InChI is InChI=1S/C21H29N5O2S/c1-16-11-19(15-26(16)14-17-7-4-3-5-8-17)25-21(23-2)24-13-18-9-6-10-20(12-18)29(22,27)28/h3-10,12,16,19H,11,13-15H2,1-2H3,(H2,22,27,28)(H2,23,24,25). The molecule has 156 valence electrons. The summed E-state index contributed by atoms with van der Waals surface area (Å²) in [5.74, 6) is 0.699. The lowest BCUT2D eigenvalue weighted by Gasteiger charge is -2.21. The molecule has 2 unspecified atom stereocenters. The van der Waals surface area contributed by atoms with Gasteiger partial charge in [0, 0.05) is 38.8 Å². The van der Waals surface area contributed by atoms with Gasteiger partial charge in [-0.2, -0.15) is 0 Å². The van der Waals surface area contributed by atoms with E-state index >= 15 is 0 Å². The Labute approximate surface area is 173 Å². The van der Waals surface area contributed by atoms with Crippen LogP contribution < -0.4 is 15.8 Å². The number of nitrogens with zero attached hydrogens (tertiary/aromatic N) is 2. The van der Waals surface area contributed by atoms with Crippen LogP contribution in [0.15, 0.2) is 64.5 Å². The summed E-state index contributed by atoms with van der Waals surface area (Å²) in [6, 6.07) is 17.9. The summed E-state index contributed by atoms with van der Waals surface area (Å²) in [5.41, 5.74) is 2.14. The second kappa shape index (κ2) is 9.39. The van der Waals surface area contributed by atoms with Crippen LogP contribution in [0.4, 0.5) is 0 Å². The van der Waals surface area contributed by atoms with E-state index in [0.717, 1.165) is 25.1 Å². The molecule has 1 fully saturated rings. The lowest BCUT2D eigenvalue weighted by atomic mass is 10.2. The van der Waals surface area contributed by atoms with Crippen LogP contribution in [0.1, 0.15) is 24.5 Å². The molecule has 1 aliphatic rings. The molecule has 0 aliphatic carbocycles. The molecule has 4 N–H and O–H groups in total. The van der Waals surface area contributed by atoms with E-state index in [-0.39, 0.29) is 4.90 Å². The van der Waals surface area contributed by atoms with Gasteiger partial charge in [0.05, 0.1) is 4.90 Å². The van der Waals surface area contributed by atoms with Crippen molar-refractivity contribution < 1.29 is 8.42 Å². The van der Waals surface area contributed by atoms with Gasteiger partial charge in [-0.25, -0.2) is 13.6 Å². The van der Waals surface area contributed by atoms with Gasteiger partial charge in [-0.1, -0.05) is 42.5 Å². The van der Waals surface area contributed by atoms with E-state index in [9.17, 15) is 8.42 Å². The average molecular weight is 416 g/mol. The number of benzene rings is 2. The minimum Gasteiger partial charge on any atom is -0.352 e. The van der Waals surface area contributed by atoms with Crippen LogP contribution in [0.3, 0.4) is 0 Å². The molecule has 0 radical (unpaired) electrons. The van der Waals surface area contributed by atoms with E-state index in [1.807, 2.05) is 12.1 Å². The molecule has 0 bridgehead atoms. The van der Waals surface area contributed by atoms with Crippen molar-refractivity contribution in [3.63, 3.8) is 0 Å². The molecule has 2 aromatic carbocycles. The Morgan fingerprint density at radius 2 is 1.90 bits per heavy atom. The molecule has 0 saturated carbocycles. The number of hydrogen-bond donors (Lipinski definition) is 3. The SMILES string of the molecule is CN=C(NCc1cccc(S(N)(=O)=O)c1)NC1CC(C)N(Cc2ccccc2)C1. The summed E-state index contributed by atoms with van der Waals surface area (Å²) in [5, 5.41) is 11.9. The van der Waals surface area contributed by atoms with Crippen LogP contribution in [-0.4, -0.2) is 45.0 Å². The Morgan fingerprint density at radius 3 is 2.59 bits per heavy atom. The number of aliphatic imine (C=N–C) groups is 1. The molecule has 0 spiro atoms. The number of likely N-dealkylation sites (tertiary alicyclic amines) is 1. The summed E-state index contributed by atoms with van der Waals surface area (Å²) in [6.07, 6.45) is 1.04. The van der Waals surface area contributed by atoms with E-state index in [4.69, 9.17) is 5.14 Å². The number of rotatable bonds is 6. The number of guanidine groups is 1. The third-order valence-corrected chi connectivity index (χ3v) is 6.09. The summed E-state index contributed by atoms with van der Waals surface area (Å²) in [6.45, 7) is 4.59. The monoisotopic (exact) mass is 415 g/mol. The number of primary sulfonamides is 1. The highest BCUT2D eigenvalue weighted by molar-refractivity contribution is 7.89. The fourth-order valence-corrected chi connectivity index (χ4v) is 4.23. The maximum atomic E-state index is 11.5. The molecule has 1 heterocycles. The minimum atomic E-state index is -3.71. The number of nitrogens with two attached hydrogens (primary N) is 1. The zero-order valence-electron chi connectivity index (χ0n) is 16.9. The minimum absolute atomic E-state index is 0.112. The normalized spacial score (nSPS) is 20.6. The van der Waals surface area contributed by atoms with Crippen LogP contribution in [0.5, 0.6) is 0 Å². The predicted molar refractivity (Wildman–Crippen MR) is 116 cm³/mol. The summed E-state index contributed by atoms with van der Waals surface area (Å²) in [7, 11) is -1.97. The number of sulfonamides is 1. The highest BCUT2D eigenvalue weighted by Gasteiger charge is 2.29. The van der Waals surface area contributed by atoms with Crippen molar-refractivity contribution in [2.24, 2.45) is 10.1 Å². The van der Waals surface area contributed by atoms with Crippen LogP contribution in [0.25, 0.3) is 0 Å². The van der Waals surface area contributed by atoms with Gasteiger partial charge < -0.3 is 10.6 Å². The van der Waals surface area contributed by atoms with E-state index < -0.39 is 10.0 Å². The largest absolute Gasteiger partial charge is 0.352 e. The smallest absolute Gasteiger partial charge is 0.238 e. The van der Waals surface area contributed by atoms with Crippen molar-refractivity contribution in [1.29, 1.82) is 0 Å². The Balaban J connectivity index is 1.54. The van der Waals surface area contributed by atoms with Crippen LogP contribution in [-0.2, 0) is 23.1 Å². The van der Waals surface area contributed by atoms with Crippen LogP contribution >= 0.6 is 0 Å². The van der Waals surface area contributed by atoms with Crippen molar-refractivity contribution in [3.8, 4) is 0 Å². The zero-order chi connectivity index (χ0) is 20.9. The molecule has 1 aliphatic heterocycles. The maximum Gasteiger partial charge on any atom is 0.238 e. The van der Waals surface area contributed by atoms with E-state index in [0.29, 0.717) is 24.6 Å². The molecular formula is C21H29N5O2S. The molecule has 8 heteroatoms. The third-order valence-electron chi connectivity index (χ3n) is 5.18. The Morgan fingerprint density at radius 1 is 1.17 bits per heavy atom. The lowest BCUT2D eigenvalue weighted by molar-refractivity contribution is 0.258. The van der Waals surface area contributed by atoms with Gasteiger partial charge in [0.2, 0.25) is 10.0 Å². The average Bonchev–Trinajstić information content (AvgIpc) is 3.04. The first-order valence-corrected chi connectivity index (χ1v) is 11.3. The van der Waals surface area contributed by atoms with Crippen molar-refractivity contribution in [2.45, 2.75) is 43.4 Å². The topological polar surface area (TPSA) is 99.8 Å². The summed E-state index contributed by atoms with van der Waals surface area (Å²) < 4.78 is 23.0. The molecule has 0 amide bonds. The van der Waals surface area contributed by atoms with Crippen molar-refractivity contribution in [3.05, 3.63) is 65.7 Å². The Kier molecular flexibility index (Phi) is 6.89. The predicted octanol–water partition coefficient (Wildman–Crippen LogP) is 1.66. The van der Waals surface area contributed by atoms with Gasteiger partial charge in [0.15, 0.2) is 5.96 Å². The van der Waals surface area contributed by atoms with Gasteiger partial charge in [0.1, 0.15) is 0 Å². The molecule has 2 aromatic rings. The number of nitrogens with one attached hydrogen (secondary N) is 2. The van der Waals surface area contributed by atoms with Crippen molar-refractivity contribution in [1.82, 2.24) is 15.5 Å². The van der Waals surface area contributed by atoms with Crippen LogP contribution in [0, 0.1) is 0 Å². The molecule has 3 rings (SSSR count). The van der Waals surface area contributed by atoms with Crippen LogP contribution in [0.2, 0.25) is 0 Å². The molecule has 2 atom stereocenters. The summed E-state index contributed by atoms with van der Waals surface area (Å²) >= 11 is 0. The molecule has 7 nitrogen and oxygen atoms in total. The van der Waals surface area contributed by atoms with E-state index in [2.05, 4.69) is 51.7 Å². The highest BCUT2D eigenvalue weighted by Crippen LogP contribution is 2.20. The maximum absolute atomic E-state index is 11.5. The highest BCUT2D eigenvalue weighted by atomic mass is 32.2. The molecule has 1 saturated heterocycles. The summed E-state index contributed by atoms with van der Waals surface area (Å²) in [4.78, 5) is 6.88. The van der Waals surface area contributed by atoms with Gasteiger partial charge in [0.25, 0.3) is 0 Å². The van der Waals surface area contributed by atoms with E-state index in [1.54, 1.807) is 19.2 Å². The fourth-order valence-electron chi connectivity index (χ4n) is 3.65. The lowest BCUT2D eigenvalue weighted by Crippen LogP contribution is -2.44. The Hall–Kier alpha value is -2.42. The van der Waals surface area contributed by atoms with Gasteiger partial charge in [-0.05, 0) is 36.6 Å². The van der Waals surface area contributed by atoms with Gasteiger partial charge >= 0.3 is 0 Å². The van der Waals surface area contributed by atoms with Crippen molar-refractivity contribution in [2.75, 3.05) is 13.6 Å². The fraction of sp³-hybridized carbons (Fsp3) is 0.381. The van der Waals surface area contributed by atoms with Crippen molar-refractivity contribution >= 4 is 16.0 Å². The quantitative estimate of drug-likeness (QED) is 0.492.